The molecule has 0 saturated heterocycles. The normalized spacial score (nSPS) is 12.6. The van der Waals surface area contributed by atoms with Crippen molar-refractivity contribution in [2.45, 2.75) is 71.4 Å². The summed E-state index contributed by atoms with van der Waals surface area (Å²) in [7, 11) is 0. The molecule has 0 aromatic rings. The van der Waals surface area contributed by atoms with Crippen molar-refractivity contribution in [3.05, 3.63) is 0 Å². The number of amides is 1. The number of nitrogens with one attached hydrogen (secondary N) is 1. The number of ether oxygens (including phenoxy) is 1. The van der Waals surface area contributed by atoms with Crippen molar-refractivity contribution >= 4 is 26.5 Å². The Morgan fingerprint density at radius 3 is 2.29 bits per heavy atom. The molecule has 102 valence electrons. The third-order valence-electron chi connectivity index (χ3n) is 2.79. The summed E-state index contributed by atoms with van der Waals surface area (Å²) in [5, 5.41) is 2.92. The van der Waals surface area contributed by atoms with Crippen molar-refractivity contribution in [2.75, 3.05) is 6.61 Å². The van der Waals surface area contributed by atoms with Gasteiger partial charge >= 0.3 is 0 Å². The molecule has 0 bridgehead atoms. The fourth-order valence-corrected chi connectivity index (χ4v) is 2.32. The van der Waals surface area contributed by atoms with Gasteiger partial charge in [0.25, 0.3) is 3.91 Å². The lowest BCUT2D eigenvalue weighted by molar-refractivity contribution is -0.0313. The second kappa shape index (κ2) is 7.56. The topological polar surface area (TPSA) is 38.3 Å². The predicted octanol–water partition coefficient (Wildman–Crippen LogP) is 4.29. The Labute approximate surface area is 119 Å². The van der Waals surface area contributed by atoms with Gasteiger partial charge in [0.15, 0.2) is 0 Å². The molecule has 17 heavy (non-hydrogen) atoms. The van der Waals surface area contributed by atoms with Gasteiger partial charge in [0.2, 0.25) is 0 Å². The van der Waals surface area contributed by atoms with E-state index >= 15 is 0 Å². The van der Waals surface area contributed by atoms with Gasteiger partial charge in [0, 0.05) is 34.7 Å². The average Bonchev–Trinajstić information content (AvgIpc) is 2.11. The summed E-state index contributed by atoms with van der Waals surface area (Å²) in [6, 6.07) is 0. The van der Waals surface area contributed by atoms with Crippen LogP contribution in [0.4, 0.5) is 4.79 Å². The third kappa shape index (κ3) is 9.83. The van der Waals surface area contributed by atoms with Gasteiger partial charge in [-0.15, -0.1) is 0 Å². The van der Waals surface area contributed by atoms with Crippen LogP contribution in [0.2, 0.25) is 0 Å². The zero-order valence-electron chi connectivity index (χ0n) is 11.7. The van der Waals surface area contributed by atoms with Gasteiger partial charge < -0.3 is 10.1 Å². The second-order valence-corrected chi connectivity index (χ2v) is 6.72. The SMILES string of the molecule is CCCCC(C)(C)OCCC(C)(C)NC(=O)I. The van der Waals surface area contributed by atoms with Crippen LogP contribution in [0, 0.1) is 0 Å². The molecule has 0 aromatic carbocycles. The monoisotopic (exact) mass is 355 g/mol. The summed E-state index contributed by atoms with van der Waals surface area (Å²) in [4.78, 5) is 11.0. The van der Waals surface area contributed by atoms with Crippen LogP contribution < -0.4 is 5.32 Å². The summed E-state index contributed by atoms with van der Waals surface area (Å²) < 4.78 is 5.88. The van der Waals surface area contributed by atoms with Crippen LogP contribution in [0.3, 0.4) is 0 Å². The van der Waals surface area contributed by atoms with E-state index in [2.05, 4.69) is 26.1 Å². The molecule has 0 aliphatic carbocycles. The standard InChI is InChI=1S/C13H26INO2/c1-6-7-8-13(4,5)17-10-9-12(2,3)15-11(14)16/h6-10H2,1-5H3,(H,15,16). The zero-order chi connectivity index (χ0) is 13.5. The Hall–Kier alpha value is 0.160. The smallest absolute Gasteiger partial charge is 0.281 e. The molecule has 0 saturated carbocycles. The molecule has 4 heteroatoms. The summed E-state index contributed by atoms with van der Waals surface area (Å²) in [6.45, 7) is 11.2. The van der Waals surface area contributed by atoms with Gasteiger partial charge in [0.05, 0.1) is 5.60 Å². The van der Waals surface area contributed by atoms with Crippen molar-refractivity contribution in [3.8, 4) is 0 Å². The molecule has 0 spiro atoms. The van der Waals surface area contributed by atoms with Crippen LogP contribution >= 0.6 is 22.6 Å². The van der Waals surface area contributed by atoms with E-state index < -0.39 is 0 Å². The maximum absolute atomic E-state index is 11.0. The first kappa shape index (κ1) is 17.2. The predicted molar refractivity (Wildman–Crippen MR) is 80.8 cm³/mol. The second-order valence-electron chi connectivity index (χ2n) is 5.74. The number of rotatable bonds is 8. The molecule has 0 aromatic heterocycles. The maximum Gasteiger partial charge on any atom is 0.281 e. The lowest BCUT2D eigenvalue weighted by Gasteiger charge is -2.29. The summed E-state index contributed by atoms with van der Waals surface area (Å²) in [5.74, 6) is 0. The van der Waals surface area contributed by atoms with Crippen LogP contribution in [0.25, 0.3) is 0 Å². The highest BCUT2D eigenvalue weighted by atomic mass is 127. The minimum absolute atomic E-state index is 0.0159. The van der Waals surface area contributed by atoms with Gasteiger partial charge in [-0.1, -0.05) is 19.8 Å². The average molecular weight is 355 g/mol. The molecule has 0 rings (SSSR count). The molecule has 0 heterocycles. The largest absolute Gasteiger partial charge is 0.375 e. The molecule has 1 amide bonds. The van der Waals surface area contributed by atoms with E-state index in [0.717, 1.165) is 12.8 Å². The molecule has 0 radical (unpaired) electrons. The molecule has 0 atom stereocenters. The summed E-state index contributed by atoms with van der Waals surface area (Å²) in [6.07, 6.45) is 4.31. The van der Waals surface area contributed by atoms with E-state index in [4.69, 9.17) is 4.74 Å². The lowest BCUT2D eigenvalue weighted by Crippen LogP contribution is -2.42. The van der Waals surface area contributed by atoms with Crippen LogP contribution in [0.15, 0.2) is 0 Å². The van der Waals surface area contributed by atoms with Crippen molar-refractivity contribution < 1.29 is 9.53 Å². The number of hydrogen-bond donors (Lipinski definition) is 1. The van der Waals surface area contributed by atoms with Crippen LogP contribution in [-0.4, -0.2) is 21.7 Å². The van der Waals surface area contributed by atoms with Gasteiger partial charge in [-0.05, 0) is 40.5 Å². The molecule has 0 aliphatic heterocycles. The van der Waals surface area contributed by atoms with Crippen LogP contribution in [0.5, 0.6) is 0 Å². The highest BCUT2D eigenvalue weighted by Crippen LogP contribution is 2.19. The van der Waals surface area contributed by atoms with E-state index in [0.29, 0.717) is 6.61 Å². The third-order valence-corrected chi connectivity index (χ3v) is 3.06. The van der Waals surface area contributed by atoms with Crippen LogP contribution in [-0.2, 0) is 4.74 Å². The molecular formula is C13H26INO2. The number of halogens is 1. The van der Waals surface area contributed by atoms with Crippen molar-refractivity contribution in [2.24, 2.45) is 0 Å². The molecule has 1 N–H and O–H groups in total. The van der Waals surface area contributed by atoms with E-state index in [9.17, 15) is 4.79 Å². The Morgan fingerprint density at radius 1 is 1.24 bits per heavy atom. The molecular weight excluding hydrogens is 329 g/mol. The number of carbonyl (C=O) groups is 1. The summed E-state index contributed by atoms with van der Waals surface area (Å²) >= 11 is 1.76. The molecule has 3 nitrogen and oxygen atoms in total. The van der Waals surface area contributed by atoms with Crippen molar-refractivity contribution in [3.63, 3.8) is 0 Å². The first-order chi connectivity index (χ1) is 7.68. The minimum atomic E-state index is -0.195. The Balaban J connectivity index is 3.92. The van der Waals surface area contributed by atoms with Gasteiger partial charge in [-0.2, -0.15) is 0 Å². The molecule has 0 fully saturated rings. The van der Waals surface area contributed by atoms with Gasteiger partial charge in [-0.25, -0.2) is 0 Å². The maximum atomic E-state index is 11.0. The quantitative estimate of drug-likeness (QED) is 0.401. The summed E-state index contributed by atoms with van der Waals surface area (Å²) in [5.41, 5.74) is -0.250. The fourth-order valence-electron chi connectivity index (χ4n) is 1.59. The fraction of sp³-hybridized carbons (Fsp3) is 0.923. The van der Waals surface area contributed by atoms with Crippen LogP contribution in [0.1, 0.15) is 60.3 Å². The lowest BCUT2D eigenvalue weighted by atomic mass is 9.99. The number of hydrogen-bond acceptors (Lipinski definition) is 2. The number of unbranched alkanes of at least 4 members (excludes halogenated alkanes) is 1. The van der Waals surface area contributed by atoms with Crippen molar-refractivity contribution in [1.82, 2.24) is 5.32 Å². The Morgan fingerprint density at radius 2 is 1.82 bits per heavy atom. The molecule has 0 aliphatic rings. The van der Waals surface area contributed by atoms with Gasteiger partial charge in [-0.3, -0.25) is 4.79 Å². The van der Waals surface area contributed by atoms with Crippen molar-refractivity contribution in [1.29, 1.82) is 0 Å². The first-order valence-electron chi connectivity index (χ1n) is 6.30. The molecule has 0 unspecified atom stereocenters. The minimum Gasteiger partial charge on any atom is -0.375 e. The van der Waals surface area contributed by atoms with E-state index in [1.54, 1.807) is 22.6 Å². The van der Waals surface area contributed by atoms with Gasteiger partial charge in [0.1, 0.15) is 0 Å². The zero-order valence-corrected chi connectivity index (χ0v) is 13.9. The highest BCUT2D eigenvalue weighted by Gasteiger charge is 2.22. The Kier molecular flexibility index (Phi) is 7.63. The van der Waals surface area contributed by atoms with E-state index in [1.165, 1.54) is 12.8 Å². The van der Waals surface area contributed by atoms with E-state index in [-0.39, 0.29) is 15.1 Å². The Bertz CT molecular complexity index is 240. The number of carbonyl (C=O) groups excluding carboxylic acids is 1. The first-order valence-corrected chi connectivity index (χ1v) is 7.38. The van der Waals surface area contributed by atoms with E-state index in [1.807, 2.05) is 13.8 Å². The highest BCUT2D eigenvalue weighted by molar-refractivity contribution is 14.1.